The molecule has 4 nitrogen and oxygen atoms in total. The lowest BCUT2D eigenvalue weighted by Gasteiger charge is -2.25. The Kier molecular flexibility index (Phi) is 5.59. The molecule has 1 saturated carbocycles. The summed E-state index contributed by atoms with van der Waals surface area (Å²) in [6, 6.07) is 12.6. The average Bonchev–Trinajstić information content (AvgIpc) is 3.61. The number of fused-ring (bicyclic) bond motifs is 1. The second-order valence-corrected chi connectivity index (χ2v) is 11.3. The highest BCUT2D eigenvalue weighted by Crippen LogP contribution is 2.50. The monoisotopic (exact) mass is 496 g/mol. The number of aromatic amines is 1. The van der Waals surface area contributed by atoms with Gasteiger partial charge in [0.2, 0.25) is 0 Å². The predicted molar refractivity (Wildman–Crippen MR) is 134 cm³/mol. The summed E-state index contributed by atoms with van der Waals surface area (Å²) in [5, 5.41) is 0.755. The molecule has 0 amide bonds. The van der Waals surface area contributed by atoms with Crippen molar-refractivity contribution >= 4 is 27.4 Å². The van der Waals surface area contributed by atoms with E-state index in [1.54, 1.807) is 6.07 Å². The molecule has 2 aliphatic rings. The summed E-state index contributed by atoms with van der Waals surface area (Å²) in [6.07, 6.45) is 6.15. The molecular weight excluding hydrogens is 469 g/mol. The molecule has 6 rings (SSSR count). The molecule has 8 heteroatoms. The van der Waals surface area contributed by atoms with E-state index in [1.165, 1.54) is 42.3 Å². The molecule has 0 radical (unpaired) electrons. The standard InChI is InChI=1S/C27H27F3N4S/c28-27(29,30)14-22-12-23-24(32-17-33-25(23)35-22)34-10-8-26(16-34)7-5-19(13-26)11-18-1-3-20(4-2-18)21-6-9-31-15-21/h1-4,6,9,12,15,17,19,31H,5,7-8,10-11,13-14,16H2. The minimum atomic E-state index is -4.21. The van der Waals surface area contributed by atoms with Crippen LogP contribution < -0.4 is 4.90 Å². The highest BCUT2D eigenvalue weighted by atomic mass is 32.1. The molecule has 2 unspecified atom stereocenters. The Bertz CT molecular complexity index is 1310. The first-order valence-corrected chi connectivity index (χ1v) is 12.9. The van der Waals surface area contributed by atoms with Crippen LogP contribution in [-0.4, -0.2) is 34.2 Å². The van der Waals surface area contributed by atoms with Crippen LogP contribution in [0.4, 0.5) is 19.0 Å². The van der Waals surface area contributed by atoms with Gasteiger partial charge in [-0.1, -0.05) is 24.3 Å². The van der Waals surface area contributed by atoms with Gasteiger partial charge in [-0.25, -0.2) is 9.97 Å². The molecule has 1 N–H and O–H groups in total. The van der Waals surface area contributed by atoms with E-state index in [9.17, 15) is 13.2 Å². The number of nitrogens with zero attached hydrogens (tertiary/aromatic N) is 3. The number of benzene rings is 1. The van der Waals surface area contributed by atoms with Crippen molar-refractivity contribution in [2.75, 3.05) is 18.0 Å². The van der Waals surface area contributed by atoms with E-state index in [0.29, 0.717) is 15.6 Å². The molecular formula is C27H27F3N4S. The number of hydrogen-bond donors (Lipinski definition) is 1. The SMILES string of the molecule is FC(F)(F)Cc1cc2c(N3CCC4(CCC(Cc5ccc(-c6cc[nH]c6)cc5)C4)C3)ncnc2s1. The van der Waals surface area contributed by atoms with Crippen molar-refractivity contribution in [2.45, 2.75) is 44.7 Å². The second kappa shape index (κ2) is 8.66. The maximum absolute atomic E-state index is 12.9. The number of aromatic nitrogens is 3. The number of halogens is 3. The third-order valence-electron chi connectivity index (χ3n) is 7.69. The fourth-order valence-electron chi connectivity index (χ4n) is 6.09. The van der Waals surface area contributed by atoms with E-state index in [0.717, 1.165) is 48.5 Å². The second-order valence-electron chi connectivity index (χ2n) is 10.2. The van der Waals surface area contributed by atoms with Crippen LogP contribution in [0.5, 0.6) is 0 Å². The summed E-state index contributed by atoms with van der Waals surface area (Å²) >= 11 is 1.12. The van der Waals surface area contributed by atoms with Gasteiger partial charge in [-0.2, -0.15) is 13.2 Å². The quantitative estimate of drug-likeness (QED) is 0.323. The summed E-state index contributed by atoms with van der Waals surface area (Å²) in [5.41, 5.74) is 4.09. The van der Waals surface area contributed by atoms with Crippen LogP contribution in [0.25, 0.3) is 21.3 Å². The van der Waals surface area contributed by atoms with Gasteiger partial charge in [0.15, 0.2) is 0 Å². The summed E-state index contributed by atoms with van der Waals surface area (Å²) in [5.74, 6) is 1.46. The zero-order chi connectivity index (χ0) is 24.0. The Morgan fingerprint density at radius 3 is 2.71 bits per heavy atom. The number of H-pyrrole nitrogens is 1. The van der Waals surface area contributed by atoms with Crippen LogP contribution in [0.1, 0.15) is 36.1 Å². The van der Waals surface area contributed by atoms with Gasteiger partial charge < -0.3 is 9.88 Å². The summed E-state index contributed by atoms with van der Waals surface area (Å²) in [6.45, 7) is 1.82. The zero-order valence-electron chi connectivity index (χ0n) is 19.3. The molecule has 1 saturated heterocycles. The summed E-state index contributed by atoms with van der Waals surface area (Å²) in [4.78, 5) is 15.1. The Hall–Kier alpha value is -2.87. The molecule has 35 heavy (non-hydrogen) atoms. The van der Waals surface area contributed by atoms with Crippen molar-refractivity contribution in [1.29, 1.82) is 0 Å². The number of rotatable bonds is 5. The molecule has 4 heterocycles. The van der Waals surface area contributed by atoms with Gasteiger partial charge in [0.05, 0.1) is 11.8 Å². The summed E-state index contributed by atoms with van der Waals surface area (Å²) in [7, 11) is 0. The van der Waals surface area contributed by atoms with Crippen LogP contribution in [0.2, 0.25) is 0 Å². The minimum absolute atomic E-state index is 0.276. The van der Waals surface area contributed by atoms with Gasteiger partial charge in [-0.3, -0.25) is 0 Å². The molecule has 2 fully saturated rings. The first-order chi connectivity index (χ1) is 16.9. The van der Waals surface area contributed by atoms with E-state index >= 15 is 0 Å². The topological polar surface area (TPSA) is 44.8 Å². The molecule has 4 aromatic rings. The lowest BCUT2D eigenvalue weighted by Crippen LogP contribution is -2.26. The third kappa shape index (κ3) is 4.68. The maximum atomic E-state index is 12.9. The van der Waals surface area contributed by atoms with Crippen molar-refractivity contribution in [2.24, 2.45) is 11.3 Å². The molecule has 1 spiro atoms. The lowest BCUT2D eigenvalue weighted by molar-refractivity contribution is -0.126. The lowest BCUT2D eigenvalue weighted by atomic mass is 9.83. The van der Waals surface area contributed by atoms with Crippen molar-refractivity contribution in [3.63, 3.8) is 0 Å². The van der Waals surface area contributed by atoms with Crippen LogP contribution in [0.15, 0.2) is 55.1 Å². The number of alkyl halides is 3. The van der Waals surface area contributed by atoms with Gasteiger partial charge in [-0.15, -0.1) is 11.3 Å². The fraction of sp³-hybridized carbons (Fsp3) is 0.407. The fourth-order valence-corrected chi connectivity index (χ4v) is 7.11. The Labute approximate surface area is 206 Å². The van der Waals surface area contributed by atoms with E-state index in [-0.39, 0.29) is 5.41 Å². The largest absolute Gasteiger partial charge is 0.393 e. The molecule has 1 aromatic carbocycles. The van der Waals surface area contributed by atoms with Gasteiger partial charge in [0.25, 0.3) is 0 Å². The molecule has 3 aromatic heterocycles. The molecule has 182 valence electrons. The van der Waals surface area contributed by atoms with Crippen molar-refractivity contribution in [3.05, 3.63) is 65.6 Å². The van der Waals surface area contributed by atoms with Crippen molar-refractivity contribution < 1.29 is 13.2 Å². The number of anilines is 1. The van der Waals surface area contributed by atoms with Crippen LogP contribution >= 0.6 is 11.3 Å². The van der Waals surface area contributed by atoms with Crippen LogP contribution in [0.3, 0.4) is 0 Å². The van der Waals surface area contributed by atoms with E-state index in [1.807, 2.05) is 12.4 Å². The highest BCUT2D eigenvalue weighted by Gasteiger charge is 2.44. The number of nitrogens with one attached hydrogen (secondary N) is 1. The van der Waals surface area contributed by atoms with E-state index in [4.69, 9.17) is 0 Å². The normalized spacial score (nSPS) is 22.6. The number of hydrogen-bond acceptors (Lipinski definition) is 4. The summed E-state index contributed by atoms with van der Waals surface area (Å²) < 4.78 is 38.7. The Morgan fingerprint density at radius 2 is 1.94 bits per heavy atom. The van der Waals surface area contributed by atoms with Crippen molar-refractivity contribution in [3.8, 4) is 11.1 Å². The highest BCUT2D eigenvalue weighted by molar-refractivity contribution is 7.18. The average molecular weight is 497 g/mol. The van der Waals surface area contributed by atoms with E-state index in [2.05, 4.69) is 50.2 Å². The molecule has 1 aliphatic heterocycles. The third-order valence-corrected chi connectivity index (χ3v) is 8.73. The molecule has 1 aliphatic carbocycles. The Balaban J connectivity index is 1.13. The van der Waals surface area contributed by atoms with Gasteiger partial charge >= 0.3 is 6.18 Å². The predicted octanol–water partition coefficient (Wildman–Crippen LogP) is 7.03. The van der Waals surface area contributed by atoms with Gasteiger partial charge in [0, 0.05) is 30.4 Å². The first kappa shape index (κ1) is 22.6. The minimum Gasteiger partial charge on any atom is -0.367 e. The zero-order valence-corrected chi connectivity index (χ0v) is 20.1. The van der Waals surface area contributed by atoms with Crippen LogP contribution in [-0.2, 0) is 12.8 Å². The first-order valence-electron chi connectivity index (χ1n) is 12.1. The molecule has 0 bridgehead atoms. The smallest absolute Gasteiger partial charge is 0.367 e. The van der Waals surface area contributed by atoms with Crippen molar-refractivity contribution in [1.82, 2.24) is 15.0 Å². The van der Waals surface area contributed by atoms with Crippen LogP contribution in [0, 0.1) is 11.3 Å². The van der Waals surface area contributed by atoms with Gasteiger partial charge in [-0.05, 0) is 72.3 Å². The maximum Gasteiger partial charge on any atom is 0.393 e. The van der Waals surface area contributed by atoms with Gasteiger partial charge in [0.1, 0.15) is 17.0 Å². The van der Waals surface area contributed by atoms with E-state index < -0.39 is 12.6 Å². The molecule has 2 atom stereocenters. The Morgan fingerprint density at radius 1 is 1.09 bits per heavy atom. The number of thiophene rings is 1.